The van der Waals surface area contributed by atoms with Gasteiger partial charge in [-0.05, 0) is 23.3 Å². The molecule has 0 bridgehead atoms. The Labute approximate surface area is 174 Å². The Bertz CT molecular complexity index is 1200. The summed E-state index contributed by atoms with van der Waals surface area (Å²) in [4.78, 5) is 7.36. The Kier molecular flexibility index (Phi) is 4.39. The summed E-state index contributed by atoms with van der Waals surface area (Å²) in [5.74, 6) is 1.43. The van der Waals surface area contributed by atoms with E-state index in [1.165, 1.54) is 5.56 Å². The molecule has 1 unspecified atom stereocenters. The number of H-pyrrole nitrogens is 2. The summed E-state index contributed by atoms with van der Waals surface area (Å²) in [7, 11) is 3.31. The number of hydrogen-bond acceptors (Lipinski definition) is 4. The minimum absolute atomic E-state index is 0.358. The van der Waals surface area contributed by atoms with Crippen LogP contribution < -0.4 is 9.47 Å². The van der Waals surface area contributed by atoms with Gasteiger partial charge in [-0.3, -0.25) is 5.10 Å². The van der Waals surface area contributed by atoms with Gasteiger partial charge < -0.3 is 14.5 Å². The predicted molar refractivity (Wildman–Crippen MR) is 116 cm³/mol. The summed E-state index contributed by atoms with van der Waals surface area (Å²) in [5.41, 5.74) is 5.82. The zero-order chi connectivity index (χ0) is 20.6. The molecule has 4 aromatic rings. The topological polar surface area (TPSA) is 75.8 Å². The van der Waals surface area contributed by atoms with Crippen LogP contribution in [0, 0.1) is 0 Å². The van der Waals surface area contributed by atoms with Gasteiger partial charge in [0.2, 0.25) is 0 Å². The number of nitrogens with one attached hydrogen (secondary N) is 2. The minimum Gasteiger partial charge on any atom is -0.493 e. The second-order valence-corrected chi connectivity index (χ2v) is 7.34. The Morgan fingerprint density at radius 1 is 0.967 bits per heavy atom. The molecule has 0 spiro atoms. The van der Waals surface area contributed by atoms with Gasteiger partial charge >= 0.3 is 0 Å². The van der Waals surface area contributed by atoms with Crippen LogP contribution in [0.5, 0.6) is 11.5 Å². The number of aromatic amines is 2. The first-order valence-electron chi connectivity index (χ1n) is 9.79. The van der Waals surface area contributed by atoms with Gasteiger partial charge in [0, 0.05) is 29.3 Å². The molecule has 5 rings (SSSR count). The zero-order valence-electron chi connectivity index (χ0n) is 16.8. The van der Waals surface area contributed by atoms with Crippen LogP contribution in [-0.4, -0.2) is 34.4 Å². The van der Waals surface area contributed by atoms with Crippen molar-refractivity contribution >= 4 is 6.08 Å². The maximum absolute atomic E-state index is 5.59. The first-order chi connectivity index (χ1) is 14.7. The molecule has 0 saturated carbocycles. The molecule has 0 aliphatic heterocycles. The van der Waals surface area contributed by atoms with E-state index in [-0.39, 0.29) is 5.41 Å². The minimum atomic E-state index is -0.358. The van der Waals surface area contributed by atoms with E-state index in [2.05, 4.69) is 68.7 Å². The molecule has 2 heterocycles. The second kappa shape index (κ2) is 7.22. The Hall–Kier alpha value is -3.80. The third-order valence-electron chi connectivity index (χ3n) is 5.80. The molecule has 0 radical (unpaired) electrons. The Balaban J connectivity index is 1.67. The molecule has 0 fully saturated rings. The molecule has 1 aliphatic carbocycles. The molecular weight excluding hydrogens is 376 g/mol. The molecule has 1 aliphatic rings. The lowest BCUT2D eigenvalue weighted by atomic mass is 9.68. The molecule has 2 aromatic carbocycles. The van der Waals surface area contributed by atoms with E-state index in [9.17, 15) is 0 Å². The van der Waals surface area contributed by atoms with Crippen LogP contribution in [0.15, 0.2) is 67.1 Å². The fraction of sp³-hybridized carbons (Fsp3) is 0.167. The Morgan fingerprint density at radius 3 is 2.53 bits per heavy atom. The van der Waals surface area contributed by atoms with E-state index < -0.39 is 0 Å². The van der Waals surface area contributed by atoms with Crippen molar-refractivity contribution in [2.45, 2.75) is 11.8 Å². The van der Waals surface area contributed by atoms with Crippen LogP contribution in [0.2, 0.25) is 0 Å². The number of imidazole rings is 1. The van der Waals surface area contributed by atoms with Crippen molar-refractivity contribution in [2.75, 3.05) is 14.2 Å². The first-order valence-corrected chi connectivity index (χ1v) is 9.79. The maximum Gasteiger partial charge on any atom is 0.161 e. The van der Waals surface area contributed by atoms with Gasteiger partial charge in [0.15, 0.2) is 11.5 Å². The van der Waals surface area contributed by atoms with Crippen LogP contribution in [0.3, 0.4) is 0 Å². The summed E-state index contributed by atoms with van der Waals surface area (Å²) in [6, 6.07) is 16.6. The van der Waals surface area contributed by atoms with Gasteiger partial charge in [0.05, 0.1) is 20.5 Å². The standard InChI is InChI=1S/C24H22N4O2/c1-29-21-9-8-17(12-22(21)30-2)24(16-6-4-3-5-7-16)11-10-18-19(13-24)27-28-23(18)20-14-25-15-26-20/h3-12,14-15H,13H2,1-2H3,(H,25,26)(H,27,28). The molecule has 150 valence electrons. The van der Waals surface area contributed by atoms with Crippen LogP contribution in [0.25, 0.3) is 17.5 Å². The van der Waals surface area contributed by atoms with Gasteiger partial charge in [-0.15, -0.1) is 0 Å². The highest BCUT2D eigenvalue weighted by molar-refractivity contribution is 5.74. The average Bonchev–Trinajstić information content (AvgIpc) is 3.48. The maximum atomic E-state index is 5.59. The van der Waals surface area contributed by atoms with Crippen LogP contribution >= 0.6 is 0 Å². The number of aromatic nitrogens is 4. The van der Waals surface area contributed by atoms with E-state index >= 15 is 0 Å². The van der Waals surface area contributed by atoms with Crippen molar-refractivity contribution in [3.05, 3.63) is 89.5 Å². The molecule has 1 atom stereocenters. The van der Waals surface area contributed by atoms with E-state index in [4.69, 9.17) is 9.47 Å². The number of nitrogens with zero attached hydrogens (tertiary/aromatic N) is 2. The fourth-order valence-corrected chi connectivity index (χ4v) is 4.26. The summed E-state index contributed by atoms with van der Waals surface area (Å²) in [6.07, 6.45) is 8.68. The van der Waals surface area contributed by atoms with Crippen molar-refractivity contribution in [1.82, 2.24) is 20.2 Å². The van der Waals surface area contributed by atoms with Crippen LogP contribution in [0.1, 0.15) is 22.4 Å². The summed E-state index contributed by atoms with van der Waals surface area (Å²) < 4.78 is 11.0. The van der Waals surface area contributed by atoms with Crippen molar-refractivity contribution in [1.29, 1.82) is 0 Å². The van der Waals surface area contributed by atoms with Gasteiger partial charge in [0.1, 0.15) is 11.4 Å². The first kappa shape index (κ1) is 18.2. The van der Waals surface area contributed by atoms with Crippen molar-refractivity contribution in [2.24, 2.45) is 0 Å². The van der Waals surface area contributed by atoms with Crippen molar-refractivity contribution in [3.8, 4) is 22.9 Å². The van der Waals surface area contributed by atoms with Crippen molar-refractivity contribution in [3.63, 3.8) is 0 Å². The highest BCUT2D eigenvalue weighted by atomic mass is 16.5. The van der Waals surface area contributed by atoms with Crippen LogP contribution in [-0.2, 0) is 11.8 Å². The lowest BCUT2D eigenvalue weighted by Gasteiger charge is -2.34. The lowest BCUT2D eigenvalue weighted by Crippen LogP contribution is -2.30. The van der Waals surface area contributed by atoms with E-state index in [1.807, 2.05) is 18.3 Å². The van der Waals surface area contributed by atoms with Gasteiger partial charge in [-0.2, -0.15) is 5.10 Å². The highest BCUT2D eigenvalue weighted by Gasteiger charge is 2.37. The van der Waals surface area contributed by atoms with Gasteiger partial charge in [-0.25, -0.2) is 4.98 Å². The number of allylic oxidation sites excluding steroid dienone is 1. The quantitative estimate of drug-likeness (QED) is 0.523. The number of ether oxygens (including phenoxy) is 2. The lowest BCUT2D eigenvalue weighted by molar-refractivity contribution is 0.354. The summed E-state index contributed by atoms with van der Waals surface area (Å²) in [5, 5.41) is 7.80. The van der Waals surface area contributed by atoms with E-state index in [0.29, 0.717) is 11.5 Å². The SMILES string of the molecule is COc1ccc(C2(c3ccccc3)C=Cc3c(-c4c[nH]cn4)n[nH]c3C2)cc1OC. The summed E-state index contributed by atoms with van der Waals surface area (Å²) in [6.45, 7) is 0. The van der Waals surface area contributed by atoms with Gasteiger partial charge in [0.25, 0.3) is 0 Å². The monoisotopic (exact) mass is 398 g/mol. The number of hydrogen-bond donors (Lipinski definition) is 2. The molecule has 6 nitrogen and oxygen atoms in total. The number of fused-ring (bicyclic) bond motifs is 1. The third-order valence-corrected chi connectivity index (χ3v) is 5.80. The fourth-order valence-electron chi connectivity index (χ4n) is 4.26. The largest absolute Gasteiger partial charge is 0.493 e. The molecule has 0 saturated heterocycles. The molecular formula is C24H22N4O2. The van der Waals surface area contributed by atoms with Crippen molar-refractivity contribution < 1.29 is 9.47 Å². The average molecular weight is 398 g/mol. The Morgan fingerprint density at radius 2 is 1.80 bits per heavy atom. The molecule has 30 heavy (non-hydrogen) atoms. The number of benzene rings is 2. The normalized spacial score (nSPS) is 17.5. The number of rotatable bonds is 5. The smallest absolute Gasteiger partial charge is 0.161 e. The van der Waals surface area contributed by atoms with Gasteiger partial charge in [-0.1, -0.05) is 48.6 Å². The van der Waals surface area contributed by atoms with E-state index in [0.717, 1.165) is 34.6 Å². The molecule has 6 heteroatoms. The third kappa shape index (κ3) is 2.80. The highest BCUT2D eigenvalue weighted by Crippen LogP contribution is 2.44. The summed E-state index contributed by atoms with van der Waals surface area (Å²) >= 11 is 0. The zero-order valence-corrected chi connectivity index (χ0v) is 16.8. The van der Waals surface area contributed by atoms with Crippen LogP contribution in [0.4, 0.5) is 0 Å². The molecule has 2 aromatic heterocycles. The van der Waals surface area contributed by atoms with E-state index in [1.54, 1.807) is 20.5 Å². The predicted octanol–water partition coefficient (Wildman–Crippen LogP) is 4.37. The number of methoxy groups -OCH3 is 2. The molecule has 0 amide bonds. The molecule has 2 N–H and O–H groups in total. The second-order valence-electron chi connectivity index (χ2n) is 7.34.